The Morgan fingerprint density at radius 3 is 2.55 bits per heavy atom. The minimum Gasteiger partial charge on any atom is -0.455 e. The number of nitro benzene ring substituents is 1. The molecule has 22 heavy (non-hydrogen) atoms. The lowest BCUT2D eigenvalue weighted by molar-refractivity contribution is -0.385. The summed E-state index contributed by atoms with van der Waals surface area (Å²) >= 11 is 0. The summed E-state index contributed by atoms with van der Waals surface area (Å²) in [5, 5.41) is 12.1. The van der Waals surface area contributed by atoms with E-state index < -0.39 is 4.92 Å². The first-order valence-electron chi connectivity index (χ1n) is 6.75. The third-order valence-corrected chi connectivity index (χ3v) is 3.50. The van der Waals surface area contributed by atoms with Crippen LogP contribution in [0.3, 0.4) is 0 Å². The summed E-state index contributed by atoms with van der Waals surface area (Å²) in [6, 6.07) is 9.73. The van der Waals surface area contributed by atoms with Gasteiger partial charge in [0, 0.05) is 12.6 Å². The molecule has 0 bridgehead atoms. The van der Waals surface area contributed by atoms with Crippen LogP contribution in [0.25, 0.3) is 21.9 Å². The fourth-order valence-corrected chi connectivity index (χ4v) is 2.55. The summed E-state index contributed by atoms with van der Waals surface area (Å²) in [5.74, 6) is 0. The lowest BCUT2D eigenvalue weighted by atomic mass is 10.1. The van der Waals surface area contributed by atoms with Crippen LogP contribution in [0, 0.1) is 10.1 Å². The molecule has 0 amide bonds. The molecule has 3 aromatic rings. The molecule has 112 valence electrons. The molecule has 0 aliphatic carbocycles. The molecule has 6 nitrogen and oxygen atoms in total. The highest BCUT2D eigenvalue weighted by Gasteiger charge is 2.21. The molecule has 0 spiro atoms. The topological polar surface area (TPSA) is 76.6 Å². The van der Waals surface area contributed by atoms with Crippen molar-refractivity contribution < 1.29 is 9.34 Å². The van der Waals surface area contributed by atoms with E-state index >= 15 is 0 Å². The minimum atomic E-state index is -0.451. The van der Waals surface area contributed by atoms with Crippen LogP contribution in [0.5, 0.6) is 0 Å². The van der Waals surface area contributed by atoms with E-state index in [2.05, 4.69) is 0 Å². The standard InChI is InChI=1S/C16H14N2O4/c1-17(2)9-12-13(18(20)21)8-7-11-15(19)10-5-3-4-6-14(10)22-16(11)12/h3-8H,9H2,1-2H3. The number of hydrogen-bond donors (Lipinski definition) is 0. The Balaban J connectivity index is 2.47. The second-order valence-corrected chi connectivity index (χ2v) is 5.36. The molecule has 0 aliphatic heterocycles. The second-order valence-electron chi connectivity index (χ2n) is 5.36. The number of fused-ring (bicyclic) bond motifs is 2. The molecule has 2 aromatic carbocycles. The summed E-state index contributed by atoms with van der Waals surface area (Å²) in [7, 11) is 3.61. The number of nitro groups is 1. The Kier molecular flexibility index (Phi) is 3.38. The van der Waals surface area contributed by atoms with Crippen molar-refractivity contribution in [2.24, 2.45) is 0 Å². The third-order valence-electron chi connectivity index (χ3n) is 3.50. The first kappa shape index (κ1) is 14.2. The lowest BCUT2D eigenvalue weighted by Crippen LogP contribution is -2.14. The van der Waals surface area contributed by atoms with Crippen LogP contribution < -0.4 is 5.43 Å². The first-order valence-corrected chi connectivity index (χ1v) is 6.75. The number of hydrogen-bond acceptors (Lipinski definition) is 5. The van der Waals surface area contributed by atoms with Gasteiger partial charge in [-0.2, -0.15) is 0 Å². The van der Waals surface area contributed by atoms with Crippen molar-refractivity contribution in [2.45, 2.75) is 6.54 Å². The monoisotopic (exact) mass is 298 g/mol. The lowest BCUT2D eigenvalue weighted by Gasteiger charge is -2.12. The smallest absolute Gasteiger partial charge is 0.277 e. The molecule has 1 aromatic heterocycles. The molecule has 3 rings (SSSR count). The predicted octanol–water partition coefficient (Wildman–Crippen LogP) is 2.92. The van der Waals surface area contributed by atoms with Gasteiger partial charge in [0.1, 0.15) is 11.2 Å². The highest BCUT2D eigenvalue weighted by molar-refractivity contribution is 5.92. The van der Waals surface area contributed by atoms with Crippen LogP contribution in [0.1, 0.15) is 5.56 Å². The van der Waals surface area contributed by atoms with Crippen molar-refractivity contribution in [3.63, 3.8) is 0 Å². The number of nitrogens with zero attached hydrogens (tertiary/aromatic N) is 2. The van der Waals surface area contributed by atoms with Crippen molar-refractivity contribution in [3.05, 3.63) is 62.3 Å². The van der Waals surface area contributed by atoms with Gasteiger partial charge in [-0.25, -0.2) is 0 Å². The highest BCUT2D eigenvalue weighted by Crippen LogP contribution is 2.29. The van der Waals surface area contributed by atoms with E-state index in [0.29, 0.717) is 28.5 Å². The normalized spacial score (nSPS) is 11.4. The van der Waals surface area contributed by atoms with Gasteiger partial charge in [-0.05, 0) is 32.3 Å². The van der Waals surface area contributed by atoms with E-state index in [4.69, 9.17) is 4.42 Å². The van der Waals surface area contributed by atoms with Crippen LogP contribution in [0.4, 0.5) is 5.69 Å². The largest absolute Gasteiger partial charge is 0.455 e. The van der Waals surface area contributed by atoms with Gasteiger partial charge >= 0.3 is 0 Å². The molecule has 0 saturated carbocycles. The van der Waals surface area contributed by atoms with Gasteiger partial charge in [-0.15, -0.1) is 0 Å². The fraction of sp³-hybridized carbons (Fsp3) is 0.188. The summed E-state index contributed by atoms with van der Waals surface area (Å²) < 4.78 is 5.82. The Morgan fingerprint density at radius 1 is 1.14 bits per heavy atom. The molecule has 0 N–H and O–H groups in total. The summed E-state index contributed by atoms with van der Waals surface area (Å²) in [6.07, 6.45) is 0. The second kappa shape index (κ2) is 5.23. The maximum absolute atomic E-state index is 12.6. The minimum absolute atomic E-state index is 0.0420. The van der Waals surface area contributed by atoms with Gasteiger partial charge in [0.15, 0.2) is 0 Å². The maximum atomic E-state index is 12.6. The van der Waals surface area contributed by atoms with Crippen LogP contribution >= 0.6 is 0 Å². The molecule has 0 atom stereocenters. The molecule has 0 aliphatic rings. The summed E-state index contributed by atoms with van der Waals surface area (Å²) in [4.78, 5) is 25.2. The molecular formula is C16H14N2O4. The van der Waals surface area contributed by atoms with Gasteiger partial charge < -0.3 is 9.32 Å². The van der Waals surface area contributed by atoms with Crippen LogP contribution in [0.2, 0.25) is 0 Å². The van der Waals surface area contributed by atoms with Crippen molar-refractivity contribution in [1.82, 2.24) is 4.90 Å². The molecule has 0 radical (unpaired) electrons. The van der Waals surface area contributed by atoms with Crippen LogP contribution in [-0.4, -0.2) is 23.9 Å². The predicted molar refractivity (Wildman–Crippen MR) is 84.0 cm³/mol. The zero-order valence-electron chi connectivity index (χ0n) is 12.2. The van der Waals surface area contributed by atoms with E-state index in [1.54, 1.807) is 29.2 Å². The van der Waals surface area contributed by atoms with Crippen LogP contribution in [0.15, 0.2) is 45.6 Å². The van der Waals surface area contributed by atoms with E-state index in [-0.39, 0.29) is 16.7 Å². The van der Waals surface area contributed by atoms with Crippen molar-refractivity contribution in [1.29, 1.82) is 0 Å². The van der Waals surface area contributed by atoms with E-state index in [0.717, 1.165) is 0 Å². The fourth-order valence-electron chi connectivity index (χ4n) is 2.55. The van der Waals surface area contributed by atoms with E-state index in [1.165, 1.54) is 12.1 Å². The SMILES string of the molecule is CN(C)Cc1c([N+](=O)[O-])ccc2c(=O)c3ccccc3oc12. The Morgan fingerprint density at radius 2 is 1.86 bits per heavy atom. The van der Waals surface area contributed by atoms with Crippen molar-refractivity contribution in [2.75, 3.05) is 14.1 Å². The average Bonchev–Trinajstić information content (AvgIpc) is 2.47. The Labute approximate surface area is 125 Å². The van der Waals surface area contributed by atoms with Gasteiger partial charge in [0.2, 0.25) is 5.43 Å². The van der Waals surface area contributed by atoms with Crippen molar-refractivity contribution in [3.8, 4) is 0 Å². The Hall–Kier alpha value is -2.73. The zero-order valence-corrected chi connectivity index (χ0v) is 12.2. The highest BCUT2D eigenvalue weighted by atomic mass is 16.6. The maximum Gasteiger partial charge on any atom is 0.277 e. The Bertz CT molecular complexity index is 944. The number of para-hydroxylation sites is 1. The molecule has 1 heterocycles. The van der Waals surface area contributed by atoms with Gasteiger partial charge in [-0.3, -0.25) is 14.9 Å². The van der Waals surface area contributed by atoms with Crippen LogP contribution in [-0.2, 0) is 6.54 Å². The molecule has 6 heteroatoms. The summed E-state index contributed by atoms with van der Waals surface area (Å²) in [5.41, 5.74) is 0.911. The first-order chi connectivity index (χ1) is 10.5. The molecule has 0 fully saturated rings. The third kappa shape index (κ3) is 2.23. The number of benzene rings is 2. The van der Waals surface area contributed by atoms with E-state index in [1.807, 2.05) is 14.1 Å². The van der Waals surface area contributed by atoms with Gasteiger partial charge in [0.25, 0.3) is 5.69 Å². The zero-order chi connectivity index (χ0) is 15.9. The molecule has 0 unspecified atom stereocenters. The van der Waals surface area contributed by atoms with Gasteiger partial charge in [-0.1, -0.05) is 12.1 Å². The van der Waals surface area contributed by atoms with E-state index in [9.17, 15) is 14.9 Å². The molecule has 0 saturated heterocycles. The van der Waals surface area contributed by atoms with Crippen molar-refractivity contribution >= 4 is 27.6 Å². The van der Waals surface area contributed by atoms with Gasteiger partial charge in [0.05, 0.1) is 21.3 Å². The average molecular weight is 298 g/mol. The quantitative estimate of drug-likeness (QED) is 0.422. The summed E-state index contributed by atoms with van der Waals surface area (Å²) in [6.45, 7) is 0.314. The number of rotatable bonds is 3. The molecular weight excluding hydrogens is 284 g/mol.